The summed E-state index contributed by atoms with van der Waals surface area (Å²) < 4.78 is 45.2. The number of alkyl halides is 3. The van der Waals surface area contributed by atoms with Gasteiger partial charge in [-0.3, -0.25) is 14.5 Å². The number of primary amides is 1. The zero-order chi connectivity index (χ0) is 19.8. The zero-order valence-electron chi connectivity index (χ0n) is 14.5. The first-order valence-electron chi connectivity index (χ1n) is 8.18. The number of ether oxygens (including phenoxy) is 1. The number of nitrogens with one attached hydrogen (secondary N) is 1. The summed E-state index contributed by atoms with van der Waals surface area (Å²) in [6.45, 7) is 2.27. The summed E-state index contributed by atoms with van der Waals surface area (Å²) in [6.07, 6.45) is -4.57. The zero-order valence-corrected chi connectivity index (χ0v) is 14.5. The molecule has 6 nitrogen and oxygen atoms in total. The number of halogens is 3. The third-order valence-corrected chi connectivity index (χ3v) is 4.52. The molecule has 1 aliphatic rings. The van der Waals surface area contributed by atoms with E-state index in [4.69, 9.17) is 10.5 Å². The normalized spacial score (nSPS) is 15.6. The second-order valence-electron chi connectivity index (χ2n) is 6.41. The number of aromatic nitrogens is 1. The van der Waals surface area contributed by atoms with Gasteiger partial charge in [-0.05, 0) is 17.2 Å². The van der Waals surface area contributed by atoms with Crippen molar-refractivity contribution in [1.29, 1.82) is 0 Å². The summed E-state index contributed by atoms with van der Waals surface area (Å²) in [5.41, 5.74) is 3.05. The van der Waals surface area contributed by atoms with Crippen molar-refractivity contribution in [3.8, 4) is 11.1 Å². The Hall–Kier alpha value is -2.65. The van der Waals surface area contributed by atoms with E-state index in [2.05, 4.69) is 4.90 Å². The molecule has 0 unspecified atom stereocenters. The first-order valence-corrected chi connectivity index (χ1v) is 8.18. The van der Waals surface area contributed by atoms with Gasteiger partial charge >= 0.3 is 6.18 Å². The van der Waals surface area contributed by atoms with Crippen molar-refractivity contribution in [2.24, 2.45) is 5.73 Å². The molecular formula is C18H18F3N3O3. The Morgan fingerprint density at radius 2 is 1.93 bits per heavy atom. The van der Waals surface area contributed by atoms with Gasteiger partial charge in [0.2, 0.25) is 0 Å². The molecule has 0 atom stereocenters. The molecule has 1 saturated heterocycles. The van der Waals surface area contributed by atoms with Gasteiger partial charge in [-0.1, -0.05) is 24.3 Å². The van der Waals surface area contributed by atoms with E-state index in [-0.39, 0.29) is 17.2 Å². The highest BCUT2D eigenvalue weighted by Gasteiger charge is 2.36. The lowest BCUT2D eigenvalue weighted by Gasteiger charge is -2.38. The fraction of sp³-hybridized carbons (Fsp3) is 0.333. The van der Waals surface area contributed by atoms with Gasteiger partial charge in [0.1, 0.15) is 11.3 Å². The predicted octanol–water partition coefficient (Wildman–Crippen LogP) is 1.99. The fourth-order valence-corrected chi connectivity index (χ4v) is 3.01. The summed E-state index contributed by atoms with van der Waals surface area (Å²) in [5, 5.41) is 0. The number of rotatable bonds is 5. The van der Waals surface area contributed by atoms with Crippen LogP contribution in [-0.4, -0.2) is 42.1 Å². The van der Waals surface area contributed by atoms with Crippen LogP contribution in [0.4, 0.5) is 13.2 Å². The number of hydrogen-bond acceptors (Lipinski definition) is 4. The molecule has 1 aromatic carbocycles. The number of pyridine rings is 1. The predicted molar refractivity (Wildman–Crippen MR) is 92.1 cm³/mol. The van der Waals surface area contributed by atoms with Gasteiger partial charge in [-0.2, -0.15) is 13.2 Å². The van der Waals surface area contributed by atoms with Gasteiger partial charge in [-0.25, -0.2) is 0 Å². The highest BCUT2D eigenvalue weighted by atomic mass is 19.4. The molecule has 2 aromatic rings. The minimum absolute atomic E-state index is 0.215. The number of carbonyl (C=O) groups excluding carboxylic acids is 1. The second kappa shape index (κ2) is 7.16. The number of hydrogen-bond donors (Lipinski definition) is 2. The Bertz CT molecular complexity index is 901. The maximum Gasteiger partial charge on any atom is 0.431 e. The van der Waals surface area contributed by atoms with E-state index in [1.165, 1.54) is 12.1 Å². The number of amides is 1. The largest absolute Gasteiger partial charge is 0.431 e. The lowest BCUT2D eigenvalue weighted by molar-refractivity contribution is -0.140. The topological polar surface area (TPSA) is 88.4 Å². The summed E-state index contributed by atoms with van der Waals surface area (Å²) in [4.78, 5) is 26.9. The quantitative estimate of drug-likeness (QED) is 0.829. The Balaban J connectivity index is 1.92. The molecule has 3 N–H and O–H groups in total. The number of nitrogens with zero attached hydrogens (tertiary/aromatic N) is 1. The van der Waals surface area contributed by atoms with Crippen LogP contribution in [0, 0.1) is 0 Å². The smallest absolute Gasteiger partial charge is 0.379 e. The highest BCUT2D eigenvalue weighted by molar-refractivity contribution is 5.93. The molecule has 9 heteroatoms. The molecule has 1 aliphatic heterocycles. The lowest BCUT2D eigenvalue weighted by Crippen LogP contribution is -2.50. The van der Waals surface area contributed by atoms with Crippen molar-refractivity contribution in [2.45, 2.75) is 18.8 Å². The van der Waals surface area contributed by atoms with Gasteiger partial charge in [0, 0.05) is 32.3 Å². The van der Waals surface area contributed by atoms with Crippen molar-refractivity contribution in [3.05, 3.63) is 57.5 Å². The van der Waals surface area contributed by atoms with E-state index in [0.29, 0.717) is 6.54 Å². The van der Waals surface area contributed by atoms with E-state index >= 15 is 0 Å². The van der Waals surface area contributed by atoms with Crippen LogP contribution in [0.25, 0.3) is 11.1 Å². The maximum atomic E-state index is 13.3. The minimum atomic E-state index is -4.78. The Kier molecular flexibility index (Phi) is 5.07. The van der Waals surface area contributed by atoms with Gasteiger partial charge in [0.05, 0.1) is 6.10 Å². The Labute approximate surface area is 152 Å². The van der Waals surface area contributed by atoms with Crippen LogP contribution in [0.1, 0.15) is 21.6 Å². The number of methoxy groups -OCH3 is 1. The number of likely N-dealkylation sites (tertiary alicyclic amines) is 1. The molecule has 0 radical (unpaired) electrons. The van der Waals surface area contributed by atoms with Crippen LogP contribution in [0.3, 0.4) is 0 Å². The molecule has 3 rings (SSSR count). The van der Waals surface area contributed by atoms with Crippen molar-refractivity contribution >= 4 is 5.91 Å². The Morgan fingerprint density at radius 3 is 2.44 bits per heavy atom. The third-order valence-electron chi connectivity index (χ3n) is 4.52. The molecule has 0 aliphatic carbocycles. The first-order chi connectivity index (χ1) is 12.7. The summed E-state index contributed by atoms with van der Waals surface area (Å²) >= 11 is 0. The van der Waals surface area contributed by atoms with Crippen LogP contribution in [0.15, 0.2) is 35.1 Å². The third kappa shape index (κ3) is 4.04. The maximum absolute atomic E-state index is 13.3. The van der Waals surface area contributed by atoms with Crippen molar-refractivity contribution < 1.29 is 22.7 Å². The monoisotopic (exact) mass is 381 g/mol. The molecule has 0 spiro atoms. The first kappa shape index (κ1) is 19.1. The van der Waals surface area contributed by atoms with E-state index in [1.807, 2.05) is 0 Å². The van der Waals surface area contributed by atoms with E-state index in [9.17, 15) is 22.8 Å². The summed E-state index contributed by atoms with van der Waals surface area (Å²) in [5.74, 6) is -1.09. The van der Waals surface area contributed by atoms with Gasteiger partial charge in [0.25, 0.3) is 11.5 Å². The second-order valence-corrected chi connectivity index (χ2v) is 6.41. The van der Waals surface area contributed by atoms with Crippen molar-refractivity contribution in [3.63, 3.8) is 0 Å². The molecule has 1 amide bonds. The van der Waals surface area contributed by atoms with Crippen LogP contribution in [0.5, 0.6) is 0 Å². The highest BCUT2D eigenvalue weighted by Crippen LogP contribution is 2.35. The molecule has 1 aromatic heterocycles. The standard InChI is InChI=1S/C18H18F3N3O3/c1-27-12-8-24(9-12)7-10-2-4-11(5-3-10)13-6-14(16(22)25)17(26)23-15(13)18(19,20)21/h2-6,12H,7-9H2,1H3,(H2,22,25)(H,23,26). The van der Waals surface area contributed by atoms with Crippen LogP contribution in [-0.2, 0) is 17.5 Å². The lowest BCUT2D eigenvalue weighted by atomic mass is 9.99. The van der Waals surface area contributed by atoms with Gasteiger partial charge in [-0.15, -0.1) is 0 Å². The number of benzene rings is 1. The fourth-order valence-electron chi connectivity index (χ4n) is 3.01. The average Bonchev–Trinajstić information content (AvgIpc) is 2.57. The molecular weight excluding hydrogens is 363 g/mol. The van der Waals surface area contributed by atoms with Crippen molar-refractivity contribution in [2.75, 3.05) is 20.2 Å². The van der Waals surface area contributed by atoms with Crippen LogP contribution >= 0.6 is 0 Å². The number of carbonyl (C=O) groups is 1. The number of H-pyrrole nitrogens is 1. The average molecular weight is 381 g/mol. The van der Waals surface area contributed by atoms with Crippen molar-refractivity contribution in [1.82, 2.24) is 9.88 Å². The van der Waals surface area contributed by atoms with Crippen LogP contribution in [0.2, 0.25) is 0 Å². The molecule has 0 saturated carbocycles. The number of nitrogens with two attached hydrogens (primary N) is 1. The molecule has 1 fully saturated rings. The van der Waals surface area contributed by atoms with E-state index < -0.39 is 28.9 Å². The van der Waals surface area contributed by atoms with Gasteiger partial charge < -0.3 is 15.5 Å². The molecule has 27 heavy (non-hydrogen) atoms. The molecule has 144 valence electrons. The molecule has 2 heterocycles. The summed E-state index contributed by atoms with van der Waals surface area (Å²) in [6, 6.07) is 7.36. The van der Waals surface area contributed by atoms with Crippen LogP contribution < -0.4 is 11.3 Å². The van der Waals surface area contributed by atoms with E-state index in [0.717, 1.165) is 24.7 Å². The van der Waals surface area contributed by atoms with E-state index in [1.54, 1.807) is 24.2 Å². The SMILES string of the molecule is COC1CN(Cc2ccc(-c3cc(C(N)=O)c(=O)[nH]c3C(F)(F)F)cc2)C1. The minimum Gasteiger partial charge on any atom is -0.379 e. The summed E-state index contributed by atoms with van der Waals surface area (Å²) in [7, 11) is 1.65. The van der Waals surface area contributed by atoms with Gasteiger partial charge in [0.15, 0.2) is 0 Å². The molecule has 0 bridgehead atoms. The Morgan fingerprint density at radius 1 is 1.30 bits per heavy atom. The number of aromatic amines is 1.